The molecule has 0 unspecified atom stereocenters. The fourth-order valence-corrected chi connectivity index (χ4v) is 4.58. The van der Waals surface area contributed by atoms with E-state index in [1.54, 1.807) is 36.7 Å². The topological polar surface area (TPSA) is 120 Å². The molecule has 0 aromatic carbocycles. The highest BCUT2D eigenvalue weighted by molar-refractivity contribution is 6.12. The molecule has 0 radical (unpaired) electrons. The smallest absolute Gasteiger partial charge is 0.179 e. The van der Waals surface area contributed by atoms with Crippen molar-refractivity contribution in [2.24, 2.45) is 0 Å². The minimum atomic E-state index is -0.00548. The molecule has 0 saturated heterocycles. The second kappa shape index (κ2) is 8.44. The number of methoxy groups -OCH3 is 1. The molecule has 0 atom stereocenters. The van der Waals surface area contributed by atoms with Crippen molar-refractivity contribution in [2.45, 2.75) is 19.9 Å². The minimum Gasteiger partial charge on any atom is -0.494 e. The summed E-state index contributed by atoms with van der Waals surface area (Å²) in [6, 6.07) is 5.82. The third-order valence-corrected chi connectivity index (χ3v) is 6.25. The van der Waals surface area contributed by atoms with Crippen molar-refractivity contribution in [1.82, 2.24) is 44.2 Å². The lowest BCUT2D eigenvalue weighted by Crippen LogP contribution is -2.35. The number of fused-ring (bicyclic) bond motifs is 2. The fourth-order valence-electron chi connectivity index (χ4n) is 4.58. The summed E-state index contributed by atoms with van der Waals surface area (Å²) in [5.41, 5.74) is 3.34. The first-order valence-electron chi connectivity index (χ1n) is 11.3. The lowest BCUT2D eigenvalue weighted by molar-refractivity contribution is 0.0921. The van der Waals surface area contributed by atoms with Gasteiger partial charge in [-0.25, -0.2) is 24.6 Å². The molecule has 1 N–H and O–H groups in total. The Balaban J connectivity index is 1.27. The Morgan fingerprint density at radius 2 is 2.09 bits per heavy atom. The Bertz CT molecular complexity index is 1530. The van der Waals surface area contributed by atoms with Gasteiger partial charge >= 0.3 is 0 Å². The van der Waals surface area contributed by atoms with Gasteiger partial charge in [0.25, 0.3) is 0 Å². The summed E-state index contributed by atoms with van der Waals surface area (Å²) in [5.74, 6) is 2.56. The summed E-state index contributed by atoms with van der Waals surface area (Å²) in [7, 11) is 1.57. The Morgan fingerprint density at radius 1 is 1.17 bits per heavy atom. The minimum absolute atomic E-state index is 0.00548. The predicted molar refractivity (Wildman–Crippen MR) is 127 cm³/mol. The van der Waals surface area contributed by atoms with E-state index >= 15 is 0 Å². The molecule has 35 heavy (non-hydrogen) atoms. The Kier molecular flexibility index (Phi) is 5.10. The van der Waals surface area contributed by atoms with Crippen LogP contribution in [0, 0.1) is 6.92 Å². The van der Waals surface area contributed by atoms with Gasteiger partial charge in [0.15, 0.2) is 11.6 Å². The maximum atomic E-state index is 13.4. The van der Waals surface area contributed by atoms with Crippen LogP contribution in [-0.2, 0) is 13.0 Å². The van der Waals surface area contributed by atoms with E-state index < -0.39 is 0 Å². The molecule has 0 spiro atoms. The van der Waals surface area contributed by atoms with Crippen LogP contribution in [0.25, 0.3) is 22.5 Å². The molecule has 6 rings (SSSR count). The molecular formula is C24H23N9O2. The predicted octanol–water partition coefficient (Wildman–Crippen LogP) is 2.28. The van der Waals surface area contributed by atoms with Gasteiger partial charge in [0.05, 0.1) is 36.4 Å². The van der Waals surface area contributed by atoms with E-state index in [1.165, 1.54) is 0 Å². The van der Waals surface area contributed by atoms with Gasteiger partial charge in [-0.15, -0.1) is 0 Å². The number of aromatic nitrogens is 8. The Hall–Kier alpha value is -4.38. The van der Waals surface area contributed by atoms with Crippen LogP contribution in [0.4, 0.5) is 0 Å². The summed E-state index contributed by atoms with van der Waals surface area (Å²) in [5, 5.41) is 5.04. The van der Waals surface area contributed by atoms with E-state index in [0.717, 1.165) is 30.2 Å². The number of nitrogens with one attached hydrogen (secondary N) is 1. The van der Waals surface area contributed by atoms with Gasteiger partial charge in [-0.1, -0.05) is 6.07 Å². The molecule has 1 aliphatic rings. The number of imidazole rings is 1. The van der Waals surface area contributed by atoms with Crippen LogP contribution in [0.15, 0.2) is 49.4 Å². The Morgan fingerprint density at radius 3 is 2.86 bits per heavy atom. The molecule has 11 nitrogen and oxygen atoms in total. The zero-order valence-electron chi connectivity index (χ0n) is 19.3. The highest BCUT2D eigenvalue weighted by Crippen LogP contribution is 2.32. The van der Waals surface area contributed by atoms with E-state index in [0.29, 0.717) is 40.4 Å². The lowest BCUT2D eigenvalue weighted by atomic mass is 10.1. The molecule has 6 heterocycles. The Labute approximate surface area is 200 Å². The second-order valence-corrected chi connectivity index (χ2v) is 8.42. The molecule has 5 aromatic heterocycles. The molecule has 0 fully saturated rings. The molecule has 176 valence electrons. The summed E-state index contributed by atoms with van der Waals surface area (Å²) in [6.45, 7) is 3.43. The average molecular weight is 470 g/mol. The van der Waals surface area contributed by atoms with Crippen LogP contribution in [-0.4, -0.2) is 70.1 Å². The number of pyridine rings is 2. The second-order valence-electron chi connectivity index (χ2n) is 8.42. The SMILES string of the molecule is COc1cnc(-n2cnc(C)n2)c2[nH]cc(C(=O)CN3CCc4c(ncn4-c4ccccn4)C3)c12. The summed E-state index contributed by atoms with van der Waals surface area (Å²) >= 11 is 0. The number of ketones is 1. The van der Waals surface area contributed by atoms with Gasteiger partial charge in [-0.3, -0.25) is 14.3 Å². The summed E-state index contributed by atoms with van der Waals surface area (Å²) in [4.78, 5) is 36.4. The number of rotatable bonds is 6. The van der Waals surface area contributed by atoms with Crippen molar-refractivity contribution in [1.29, 1.82) is 0 Å². The van der Waals surface area contributed by atoms with Crippen LogP contribution < -0.4 is 4.74 Å². The van der Waals surface area contributed by atoms with Crippen LogP contribution in [0.1, 0.15) is 27.6 Å². The number of aryl methyl sites for hydroxylation is 1. The standard InChI is InChI=1S/C24H23N9O2/c1-15-28-14-33(30-15)24-23-22(20(35-2)10-27-24)16(9-26-23)19(34)12-31-8-6-18-17(11-31)29-13-32(18)21-5-3-4-7-25-21/h3-5,7,9-10,13-14,26H,6,8,11-12H2,1-2H3. The number of Topliss-reactive ketones (excluding diaryl/α,β-unsaturated/α-hetero) is 1. The van der Waals surface area contributed by atoms with E-state index in [4.69, 9.17) is 4.74 Å². The number of nitrogens with zero attached hydrogens (tertiary/aromatic N) is 8. The van der Waals surface area contributed by atoms with E-state index in [2.05, 4.69) is 34.9 Å². The number of H-pyrrole nitrogens is 1. The first-order valence-corrected chi connectivity index (χ1v) is 11.3. The highest BCUT2D eigenvalue weighted by Gasteiger charge is 2.26. The van der Waals surface area contributed by atoms with E-state index in [1.807, 2.05) is 36.0 Å². The number of ether oxygens (including phenoxy) is 1. The van der Waals surface area contributed by atoms with E-state index in [9.17, 15) is 4.79 Å². The van der Waals surface area contributed by atoms with Gasteiger partial charge in [0.2, 0.25) is 0 Å². The van der Waals surface area contributed by atoms with Crippen molar-refractivity contribution in [2.75, 3.05) is 20.2 Å². The van der Waals surface area contributed by atoms with Gasteiger partial charge in [-0.05, 0) is 19.1 Å². The molecule has 0 bridgehead atoms. The van der Waals surface area contributed by atoms with Gasteiger partial charge in [-0.2, -0.15) is 5.10 Å². The molecule has 1 aliphatic heterocycles. The van der Waals surface area contributed by atoms with Gasteiger partial charge in [0.1, 0.15) is 30.0 Å². The van der Waals surface area contributed by atoms with Crippen LogP contribution in [0.3, 0.4) is 0 Å². The van der Waals surface area contributed by atoms with Crippen molar-refractivity contribution in [3.8, 4) is 17.4 Å². The number of hydrogen-bond donors (Lipinski definition) is 1. The van der Waals surface area contributed by atoms with Gasteiger partial charge in [0, 0.05) is 43.2 Å². The molecular weight excluding hydrogens is 446 g/mol. The van der Waals surface area contributed by atoms with Crippen molar-refractivity contribution in [3.05, 3.63) is 72.2 Å². The summed E-state index contributed by atoms with van der Waals surface area (Å²) in [6.07, 6.45) is 9.29. The molecule has 0 amide bonds. The third-order valence-electron chi connectivity index (χ3n) is 6.25. The molecule has 0 saturated carbocycles. The molecule has 5 aromatic rings. The number of carbonyl (C=O) groups excluding carboxylic acids is 1. The van der Waals surface area contributed by atoms with Crippen molar-refractivity contribution >= 4 is 16.7 Å². The molecule has 11 heteroatoms. The van der Waals surface area contributed by atoms with Crippen molar-refractivity contribution in [3.63, 3.8) is 0 Å². The zero-order valence-corrected chi connectivity index (χ0v) is 19.3. The number of hydrogen-bond acceptors (Lipinski definition) is 8. The number of aromatic amines is 1. The number of carbonyl (C=O) groups is 1. The average Bonchev–Trinajstić information content (AvgIpc) is 3.62. The largest absolute Gasteiger partial charge is 0.494 e. The quantitative estimate of drug-likeness (QED) is 0.376. The van der Waals surface area contributed by atoms with Crippen LogP contribution in [0.2, 0.25) is 0 Å². The maximum absolute atomic E-state index is 13.4. The summed E-state index contributed by atoms with van der Waals surface area (Å²) < 4.78 is 9.16. The maximum Gasteiger partial charge on any atom is 0.179 e. The zero-order chi connectivity index (χ0) is 23.9. The van der Waals surface area contributed by atoms with E-state index in [-0.39, 0.29) is 12.3 Å². The monoisotopic (exact) mass is 469 g/mol. The first kappa shape index (κ1) is 21.2. The van der Waals surface area contributed by atoms with Crippen molar-refractivity contribution < 1.29 is 9.53 Å². The fraction of sp³-hybridized carbons (Fsp3) is 0.250. The normalized spacial score (nSPS) is 13.8. The molecule has 0 aliphatic carbocycles. The lowest BCUT2D eigenvalue weighted by Gasteiger charge is -2.26. The van der Waals surface area contributed by atoms with Crippen LogP contribution >= 0.6 is 0 Å². The highest BCUT2D eigenvalue weighted by atomic mass is 16.5. The van der Waals surface area contributed by atoms with Crippen LogP contribution in [0.5, 0.6) is 5.75 Å². The van der Waals surface area contributed by atoms with Gasteiger partial charge < -0.3 is 9.72 Å². The third kappa shape index (κ3) is 3.66. The first-order chi connectivity index (χ1) is 17.1.